The summed E-state index contributed by atoms with van der Waals surface area (Å²) in [6.45, 7) is 3.66. The van der Waals surface area contributed by atoms with E-state index in [9.17, 15) is 0 Å². The van der Waals surface area contributed by atoms with Crippen LogP contribution in [0.1, 0.15) is 5.89 Å². The fraction of sp³-hybridized carbons (Fsp3) is 0.125. The lowest BCUT2D eigenvalue weighted by atomic mass is 10.4. The van der Waals surface area contributed by atoms with E-state index >= 15 is 0 Å². The van der Waals surface area contributed by atoms with Crippen molar-refractivity contribution in [1.29, 1.82) is 0 Å². The zero-order valence-corrected chi connectivity index (χ0v) is 7.17. The van der Waals surface area contributed by atoms with Gasteiger partial charge in [0, 0.05) is 6.42 Å². The maximum atomic E-state index is 4.92. The third-order valence-corrected chi connectivity index (χ3v) is 2.29. The van der Waals surface area contributed by atoms with Crippen LogP contribution in [0.4, 0.5) is 0 Å². The minimum Gasteiger partial charge on any atom is -0.339 e. The monoisotopic (exact) mass is 179 g/mol. The Kier molecular flexibility index (Phi) is 1.91. The van der Waals surface area contributed by atoms with Gasteiger partial charge in [-0.05, 0) is 18.4 Å². The summed E-state index contributed by atoms with van der Waals surface area (Å²) in [5.74, 6) is 1.24. The predicted molar refractivity (Wildman–Crippen MR) is 46.7 cm³/mol. The molecule has 4 heteroatoms. The Morgan fingerprint density at radius 1 is 1.58 bits per heavy atom. The fourth-order valence-corrected chi connectivity index (χ4v) is 1.51. The van der Waals surface area contributed by atoms with Gasteiger partial charge in [-0.3, -0.25) is 0 Å². The van der Waals surface area contributed by atoms with Gasteiger partial charge in [-0.25, -0.2) is 0 Å². The molecule has 0 fully saturated rings. The summed E-state index contributed by atoms with van der Waals surface area (Å²) in [6.07, 6.45) is 0.540. The van der Waals surface area contributed by atoms with Crippen molar-refractivity contribution in [3.63, 3.8) is 0 Å². The number of thiophene rings is 1. The fourth-order valence-electron chi connectivity index (χ4n) is 0.862. The summed E-state index contributed by atoms with van der Waals surface area (Å²) in [5, 5.41) is 5.80. The van der Waals surface area contributed by atoms with Crippen LogP contribution in [-0.4, -0.2) is 10.1 Å². The van der Waals surface area contributed by atoms with Gasteiger partial charge in [0.15, 0.2) is 0 Å². The highest BCUT2D eigenvalue weighted by molar-refractivity contribution is 7.13. The number of aromatic nitrogens is 2. The molecule has 0 saturated carbocycles. The molecule has 61 valence electrons. The lowest BCUT2D eigenvalue weighted by Crippen LogP contribution is -1.78. The van der Waals surface area contributed by atoms with Crippen molar-refractivity contribution in [2.24, 2.45) is 0 Å². The van der Waals surface area contributed by atoms with Gasteiger partial charge in [-0.1, -0.05) is 11.2 Å². The van der Waals surface area contributed by atoms with Crippen LogP contribution in [0.5, 0.6) is 0 Å². The maximum absolute atomic E-state index is 4.92. The zero-order chi connectivity index (χ0) is 8.39. The Hall–Kier alpha value is -1.16. The van der Waals surface area contributed by atoms with Crippen LogP contribution in [0.2, 0.25) is 0 Å². The molecular weight excluding hydrogens is 172 g/mol. The topological polar surface area (TPSA) is 38.9 Å². The molecule has 0 N–H and O–H groups in total. The summed E-state index contributed by atoms with van der Waals surface area (Å²) in [4.78, 5) is 5.17. The highest BCUT2D eigenvalue weighted by Gasteiger charge is 2.06. The predicted octanol–water partition coefficient (Wildman–Crippen LogP) is 2.17. The quantitative estimate of drug-likeness (QED) is 0.709. The molecule has 0 saturated heterocycles. The van der Waals surface area contributed by atoms with E-state index in [1.165, 1.54) is 0 Å². The second kappa shape index (κ2) is 3.06. The minimum absolute atomic E-state index is 0.540. The summed E-state index contributed by atoms with van der Waals surface area (Å²) in [5.41, 5.74) is 0. The van der Waals surface area contributed by atoms with Crippen LogP contribution in [0.3, 0.4) is 0 Å². The minimum atomic E-state index is 0.540. The van der Waals surface area contributed by atoms with Crippen LogP contribution >= 0.6 is 11.3 Å². The van der Waals surface area contributed by atoms with E-state index in [1.54, 1.807) is 11.3 Å². The lowest BCUT2D eigenvalue weighted by molar-refractivity contribution is 0.386. The molecule has 12 heavy (non-hydrogen) atoms. The van der Waals surface area contributed by atoms with Gasteiger partial charge in [0.2, 0.25) is 11.7 Å². The molecule has 0 spiro atoms. The highest BCUT2D eigenvalue weighted by atomic mass is 32.1. The molecule has 2 aromatic rings. The van der Waals surface area contributed by atoms with Crippen LogP contribution in [0, 0.1) is 6.92 Å². The highest BCUT2D eigenvalue weighted by Crippen LogP contribution is 2.20. The van der Waals surface area contributed by atoms with Crippen molar-refractivity contribution in [3.8, 4) is 10.7 Å². The van der Waals surface area contributed by atoms with E-state index in [2.05, 4.69) is 17.1 Å². The van der Waals surface area contributed by atoms with Gasteiger partial charge >= 0.3 is 0 Å². The first kappa shape index (κ1) is 7.49. The first-order valence-corrected chi connectivity index (χ1v) is 4.44. The average molecular weight is 179 g/mol. The zero-order valence-electron chi connectivity index (χ0n) is 6.36. The maximum Gasteiger partial charge on any atom is 0.226 e. The smallest absolute Gasteiger partial charge is 0.226 e. The van der Waals surface area contributed by atoms with Crippen molar-refractivity contribution in [1.82, 2.24) is 10.1 Å². The molecule has 0 aliphatic heterocycles. The van der Waals surface area contributed by atoms with E-state index in [0.717, 1.165) is 4.88 Å². The third kappa shape index (κ3) is 1.25. The molecule has 2 heterocycles. The second-order valence-corrected chi connectivity index (χ2v) is 3.19. The van der Waals surface area contributed by atoms with Gasteiger partial charge < -0.3 is 4.52 Å². The standard InChI is InChI=1S/C8H7N2OS/c1-2-7-9-8(10-11-7)6-4-3-5-12-6/h3-5H,1-2H2. The SMILES string of the molecule is [CH2]Cc1nc(-c2cccs2)no1. The van der Waals surface area contributed by atoms with E-state index in [0.29, 0.717) is 18.1 Å². The molecular formula is C8H7N2OS. The Bertz CT molecular complexity index is 353. The Morgan fingerprint density at radius 2 is 2.50 bits per heavy atom. The van der Waals surface area contributed by atoms with Gasteiger partial charge in [0.1, 0.15) is 0 Å². The largest absolute Gasteiger partial charge is 0.339 e. The molecule has 2 rings (SSSR count). The van der Waals surface area contributed by atoms with Crippen molar-refractivity contribution in [3.05, 3.63) is 30.3 Å². The van der Waals surface area contributed by atoms with E-state index in [-0.39, 0.29) is 0 Å². The first-order chi connectivity index (χ1) is 5.90. The second-order valence-electron chi connectivity index (χ2n) is 2.24. The Balaban J connectivity index is 2.35. The summed E-state index contributed by atoms with van der Waals surface area (Å²) < 4.78 is 4.92. The van der Waals surface area contributed by atoms with Gasteiger partial charge in [0.25, 0.3) is 0 Å². The Labute approximate surface area is 74.0 Å². The third-order valence-electron chi connectivity index (χ3n) is 1.42. The molecule has 3 nitrogen and oxygen atoms in total. The lowest BCUT2D eigenvalue weighted by Gasteiger charge is -1.81. The number of hydrogen-bond donors (Lipinski definition) is 0. The van der Waals surface area contributed by atoms with Gasteiger partial charge in [-0.2, -0.15) is 4.98 Å². The first-order valence-electron chi connectivity index (χ1n) is 3.56. The molecule has 0 aromatic carbocycles. The molecule has 0 unspecified atom stereocenters. The van der Waals surface area contributed by atoms with Gasteiger partial charge in [0.05, 0.1) is 4.88 Å². The van der Waals surface area contributed by atoms with Crippen LogP contribution < -0.4 is 0 Å². The number of rotatable bonds is 2. The van der Waals surface area contributed by atoms with Gasteiger partial charge in [-0.15, -0.1) is 11.3 Å². The van der Waals surface area contributed by atoms with Crippen molar-refractivity contribution in [2.75, 3.05) is 0 Å². The van der Waals surface area contributed by atoms with E-state index in [1.807, 2.05) is 17.5 Å². The van der Waals surface area contributed by atoms with Crippen molar-refractivity contribution < 1.29 is 4.52 Å². The molecule has 0 bridgehead atoms. The summed E-state index contributed by atoms with van der Waals surface area (Å²) in [6, 6.07) is 3.92. The molecule has 1 radical (unpaired) electrons. The average Bonchev–Trinajstić information content (AvgIpc) is 2.75. The normalized spacial score (nSPS) is 10.4. The molecule has 0 amide bonds. The molecule has 0 aliphatic rings. The van der Waals surface area contributed by atoms with E-state index in [4.69, 9.17) is 4.52 Å². The van der Waals surface area contributed by atoms with Crippen LogP contribution in [0.15, 0.2) is 22.0 Å². The summed E-state index contributed by atoms with van der Waals surface area (Å²) >= 11 is 1.59. The molecule has 0 aliphatic carbocycles. The molecule has 2 aromatic heterocycles. The number of nitrogens with zero attached hydrogens (tertiary/aromatic N) is 2. The number of hydrogen-bond acceptors (Lipinski definition) is 4. The molecule has 0 atom stereocenters. The van der Waals surface area contributed by atoms with Crippen LogP contribution in [-0.2, 0) is 6.42 Å². The summed E-state index contributed by atoms with van der Waals surface area (Å²) in [7, 11) is 0. The van der Waals surface area contributed by atoms with Crippen LogP contribution in [0.25, 0.3) is 10.7 Å². The van der Waals surface area contributed by atoms with Crippen molar-refractivity contribution in [2.45, 2.75) is 6.42 Å². The van der Waals surface area contributed by atoms with Crippen molar-refractivity contribution >= 4 is 11.3 Å². The Morgan fingerprint density at radius 3 is 3.08 bits per heavy atom. The van der Waals surface area contributed by atoms with E-state index < -0.39 is 0 Å².